The third-order valence-electron chi connectivity index (χ3n) is 2.87. The zero-order chi connectivity index (χ0) is 18.9. The molecule has 0 saturated heterocycles. The minimum absolute atomic E-state index is 0.0408. The predicted molar refractivity (Wildman–Crippen MR) is 75.7 cm³/mol. The minimum Gasteiger partial charge on any atom is -0.444 e. The Bertz CT molecular complexity index is 614. The van der Waals surface area contributed by atoms with Crippen LogP contribution in [0.4, 0.5) is 36.8 Å². The Balaban J connectivity index is 3.43. The van der Waals surface area contributed by atoms with Crippen LogP contribution in [0.2, 0.25) is 0 Å². The first-order valence-electron chi connectivity index (χ1n) is 6.96. The van der Waals surface area contributed by atoms with E-state index in [4.69, 9.17) is 4.74 Å². The lowest BCUT2D eigenvalue weighted by Crippen LogP contribution is -2.28. The van der Waals surface area contributed by atoms with Crippen LogP contribution in [0.3, 0.4) is 0 Å². The average Bonchev–Trinajstić information content (AvgIpc) is 2.33. The third-order valence-corrected chi connectivity index (χ3v) is 2.87. The van der Waals surface area contributed by atoms with Crippen LogP contribution in [0, 0.1) is 0 Å². The number of rotatable bonds is 2. The monoisotopic (exact) mass is 357 g/mol. The van der Waals surface area contributed by atoms with Crippen LogP contribution in [0.25, 0.3) is 0 Å². The first-order valence-corrected chi connectivity index (χ1v) is 6.96. The van der Waals surface area contributed by atoms with Crippen molar-refractivity contribution in [3.8, 4) is 0 Å². The van der Waals surface area contributed by atoms with Crippen LogP contribution in [0.5, 0.6) is 0 Å². The second-order valence-corrected chi connectivity index (χ2v) is 6.03. The fourth-order valence-electron chi connectivity index (χ4n) is 1.99. The molecular formula is C15H17F6NO2. The third kappa shape index (κ3) is 5.31. The van der Waals surface area contributed by atoms with Gasteiger partial charge < -0.3 is 4.74 Å². The maximum atomic E-state index is 13.1. The summed E-state index contributed by atoms with van der Waals surface area (Å²) in [6.07, 6.45) is -11.3. The van der Waals surface area contributed by atoms with Gasteiger partial charge in [-0.3, -0.25) is 5.32 Å². The van der Waals surface area contributed by atoms with Crippen molar-refractivity contribution in [3.63, 3.8) is 0 Å². The van der Waals surface area contributed by atoms with Crippen molar-refractivity contribution < 1.29 is 35.9 Å². The van der Waals surface area contributed by atoms with Crippen LogP contribution >= 0.6 is 0 Å². The molecule has 24 heavy (non-hydrogen) atoms. The van der Waals surface area contributed by atoms with Crippen molar-refractivity contribution in [2.45, 2.75) is 52.1 Å². The SMILES string of the molecule is CCc1c(NC(=O)OC(C)(C)C)cc(C(F)(F)F)cc1C(F)(F)F. The van der Waals surface area contributed by atoms with Gasteiger partial charge >= 0.3 is 18.4 Å². The summed E-state index contributed by atoms with van der Waals surface area (Å²) in [5.41, 5.74) is -4.91. The minimum atomic E-state index is -4.99. The molecule has 0 atom stereocenters. The lowest BCUT2D eigenvalue weighted by atomic mass is 9.98. The molecule has 0 unspecified atom stereocenters. The Kier molecular flexibility index (Phi) is 5.47. The van der Waals surface area contributed by atoms with Crippen molar-refractivity contribution in [1.29, 1.82) is 0 Å². The molecule has 0 aliphatic carbocycles. The molecule has 0 aromatic heterocycles. The molecule has 0 aliphatic rings. The van der Waals surface area contributed by atoms with E-state index >= 15 is 0 Å². The number of hydrogen-bond donors (Lipinski definition) is 1. The van der Waals surface area contributed by atoms with E-state index in [2.05, 4.69) is 0 Å². The first kappa shape index (κ1) is 20.1. The summed E-state index contributed by atoms with van der Waals surface area (Å²) < 4.78 is 82.7. The van der Waals surface area contributed by atoms with E-state index in [1.54, 1.807) is 0 Å². The normalized spacial score (nSPS) is 12.9. The van der Waals surface area contributed by atoms with Crippen LogP contribution in [-0.2, 0) is 23.5 Å². The number of halogens is 6. The number of benzene rings is 1. The summed E-state index contributed by atoms with van der Waals surface area (Å²) in [5.74, 6) is 0. The van der Waals surface area contributed by atoms with E-state index in [-0.39, 0.29) is 12.5 Å². The van der Waals surface area contributed by atoms with Gasteiger partial charge in [-0.15, -0.1) is 0 Å². The molecule has 0 saturated carbocycles. The number of carbonyl (C=O) groups is 1. The standard InChI is InChI=1S/C15H17F6NO2/c1-5-9-10(15(19,20)21)6-8(14(16,17)18)7-11(9)22-12(23)24-13(2,3)4/h6-7H,5H2,1-4H3,(H,22,23). The van der Waals surface area contributed by atoms with Gasteiger partial charge in [-0.25, -0.2) is 4.79 Å². The number of ether oxygens (including phenoxy) is 1. The lowest BCUT2D eigenvalue weighted by molar-refractivity contribution is -0.143. The zero-order valence-electron chi connectivity index (χ0n) is 13.4. The molecule has 1 N–H and O–H groups in total. The van der Waals surface area contributed by atoms with Gasteiger partial charge in [-0.2, -0.15) is 26.3 Å². The molecule has 9 heteroatoms. The number of hydrogen-bond acceptors (Lipinski definition) is 2. The topological polar surface area (TPSA) is 38.3 Å². The van der Waals surface area contributed by atoms with Gasteiger partial charge in [0.1, 0.15) is 5.60 Å². The zero-order valence-corrected chi connectivity index (χ0v) is 13.4. The maximum Gasteiger partial charge on any atom is 0.416 e. The quantitative estimate of drug-likeness (QED) is 0.696. The van der Waals surface area contributed by atoms with E-state index in [0.29, 0.717) is 6.07 Å². The number of nitrogens with one attached hydrogen (secondary N) is 1. The summed E-state index contributed by atoms with van der Waals surface area (Å²) >= 11 is 0. The van der Waals surface area contributed by atoms with Gasteiger partial charge in [0.15, 0.2) is 0 Å². The highest BCUT2D eigenvalue weighted by Crippen LogP contribution is 2.40. The summed E-state index contributed by atoms with van der Waals surface area (Å²) in [6.45, 7) is 5.89. The molecular weight excluding hydrogens is 340 g/mol. The molecule has 0 fully saturated rings. The van der Waals surface area contributed by atoms with Crippen molar-refractivity contribution in [2.75, 3.05) is 5.32 Å². The van der Waals surface area contributed by atoms with Gasteiger partial charge in [-0.05, 0) is 44.9 Å². The van der Waals surface area contributed by atoms with Crippen molar-refractivity contribution in [1.82, 2.24) is 0 Å². The highest BCUT2D eigenvalue weighted by molar-refractivity contribution is 5.86. The van der Waals surface area contributed by atoms with E-state index in [1.165, 1.54) is 27.7 Å². The second-order valence-electron chi connectivity index (χ2n) is 6.03. The summed E-state index contributed by atoms with van der Waals surface area (Å²) in [7, 11) is 0. The molecule has 1 aromatic carbocycles. The Morgan fingerprint density at radius 3 is 1.96 bits per heavy atom. The largest absolute Gasteiger partial charge is 0.444 e. The van der Waals surface area contributed by atoms with E-state index < -0.39 is 46.4 Å². The average molecular weight is 357 g/mol. The summed E-state index contributed by atoms with van der Waals surface area (Å²) in [4.78, 5) is 11.7. The summed E-state index contributed by atoms with van der Waals surface area (Å²) in [5, 5.41) is 1.98. The van der Waals surface area contributed by atoms with Gasteiger partial charge in [0.2, 0.25) is 0 Å². The fraction of sp³-hybridized carbons (Fsp3) is 0.533. The molecule has 0 aliphatic heterocycles. The lowest BCUT2D eigenvalue weighted by Gasteiger charge is -2.22. The van der Waals surface area contributed by atoms with E-state index in [1.807, 2.05) is 5.32 Å². The molecule has 0 spiro atoms. The fourth-order valence-corrected chi connectivity index (χ4v) is 1.99. The Labute approximate surface area is 135 Å². The first-order chi connectivity index (χ1) is 10.6. The van der Waals surface area contributed by atoms with Gasteiger partial charge in [0, 0.05) is 5.69 Å². The van der Waals surface area contributed by atoms with Crippen LogP contribution in [0.1, 0.15) is 44.4 Å². The highest BCUT2D eigenvalue weighted by atomic mass is 19.4. The number of alkyl halides is 6. The van der Waals surface area contributed by atoms with Crippen molar-refractivity contribution in [3.05, 3.63) is 28.8 Å². The molecule has 0 bridgehead atoms. The van der Waals surface area contributed by atoms with Gasteiger partial charge in [0.25, 0.3) is 0 Å². The van der Waals surface area contributed by atoms with Crippen molar-refractivity contribution >= 4 is 11.8 Å². The Morgan fingerprint density at radius 2 is 1.58 bits per heavy atom. The van der Waals surface area contributed by atoms with Gasteiger partial charge in [0.05, 0.1) is 11.1 Å². The highest BCUT2D eigenvalue weighted by Gasteiger charge is 2.39. The Morgan fingerprint density at radius 1 is 1.04 bits per heavy atom. The molecule has 136 valence electrons. The number of carbonyl (C=O) groups excluding carboxylic acids is 1. The predicted octanol–water partition coefficient (Wildman–Crippen LogP) is 5.63. The summed E-state index contributed by atoms with van der Waals surface area (Å²) in [6, 6.07) is 0.511. The van der Waals surface area contributed by atoms with Crippen LogP contribution < -0.4 is 5.32 Å². The van der Waals surface area contributed by atoms with E-state index in [0.717, 1.165) is 0 Å². The molecule has 3 nitrogen and oxygen atoms in total. The van der Waals surface area contributed by atoms with Crippen LogP contribution in [-0.4, -0.2) is 11.7 Å². The molecule has 0 heterocycles. The second kappa shape index (κ2) is 6.52. The molecule has 1 rings (SSSR count). The molecule has 0 radical (unpaired) electrons. The van der Waals surface area contributed by atoms with E-state index in [9.17, 15) is 31.1 Å². The van der Waals surface area contributed by atoms with Crippen LogP contribution in [0.15, 0.2) is 12.1 Å². The van der Waals surface area contributed by atoms with Crippen molar-refractivity contribution in [2.24, 2.45) is 0 Å². The molecule has 1 aromatic rings. The number of amides is 1. The molecule has 1 amide bonds. The smallest absolute Gasteiger partial charge is 0.416 e. The number of anilines is 1. The van der Waals surface area contributed by atoms with Gasteiger partial charge in [-0.1, -0.05) is 6.92 Å². The Hall–Kier alpha value is -1.93. The maximum absolute atomic E-state index is 13.1.